The number of rotatable bonds is 3. The number of nitrogens with zero attached hydrogens (tertiary/aromatic N) is 1. The second-order valence-electron chi connectivity index (χ2n) is 3.88. The summed E-state index contributed by atoms with van der Waals surface area (Å²) in [5.74, 6) is 0.506. The number of carbonyl (C=O) groups is 1. The van der Waals surface area contributed by atoms with Gasteiger partial charge < -0.3 is 4.74 Å². The molecule has 0 saturated carbocycles. The summed E-state index contributed by atoms with van der Waals surface area (Å²) in [6.07, 6.45) is 0.726. The number of hydrogen-bond donors (Lipinski definition) is 0. The molecule has 2 rings (SSSR count). The van der Waals surface area contributed by atoms with Crippen molar-refractivity contribution >= 4 is 17.9 Å². The zero-order valence-electron chi connectivity index (χ0n) is 10.2. The molecule has 4 heteroatoms. The van der Waals surface area contributed by atoms with E-state index in [2.05, 4.69) is 6.07 Å². The van der Waals surface area contributed by atoms with Gasteiger partial charge in [0.2, 0.25) is 0 Å². The Hall–Kier alpha value is -2.31. The van der Waals surface area contributed by atoms with Crippen LogP contribution in [0.5, 0.6) is 5.75 Å². The van der Waals surface area contributed by atoms with Crippen LogP contribution in [0, 0.1) is 11.3 Å². The topological polar surface area (TPSA) is 50.1 Å². The van der Waals surface area contributed by atoms with E-state index in [-0.39, 0.29) is 0 Å². The fourth-order valence-corrected chi connectivity index (χ4v) is 2.03. The first-order valence-electron chi connectivity index (χ1n) is 5.53. The molecule has 94 valence electrons. The summed E-state index contributed by atoms with van der Waals surface area (Å²) in [6.45, 7) is 0. The molecule has 19 heavy (non-hydrogen) atoms. The lowest BCUT2D eigenvalue weighted by molar-refractivity contribution is 0.112. The van der Waals surface area contributed by atoms with E-state index in [9.17, 15) is 4.79 Å². The molecular weight excluding hydrogens is 262 g/mol. The number of benzene rings is 2. The third-order valence-electron chi connectivity index (χ3n) is 2.77. The van der Waals surface area contributed by atoms with Crippen molar-refractivity contribution in [3.8, 4) is 22.9 Å². The summed E-state index contributed by atoms with van der Waals surface area (Å²) in [6, 6.07) is 12.4. The normalized spacial score (nSPS) is 9.74. The number of hydrogen-bond acceptors (Lipinski definition) is 3. The average Bonchev–Trinajstić information content (AvgIpc) is 2.46. The molecule has 0 aliphatic carbocycles. The Kier molecular flexibility index (Phi) is 3.84. The van der Waals surface area contributed by atoms with Gasteiger partial charge in [-0.05, 0) is 35.4 Å². The van der Waals surface area contributed by atoms with Crippen LogP contribution in [-0.4, -0.2) is 13.4 Å². The van der Waals surface area contributed by atoms with Crippen molar-refractivity contribution < 1.29 is 9.53 Å². The summed E-state index contributed by atoms with van der Waals surface area (Å²) in [5.41, 5.74) is 2.42. The molecule has 0 aromatic heterocycles. The molecule has 2 aromatic carbocycles. The van der Waals surface area contributed by atoms with E-state index >= 15 is 0 Å². The Labute approximate surface area is 116 Å². The number of ether oxygens (including phenoxy) is 1. The van der Waals surface area contributed by atoms with Gasteiger partial charge in [0.1, 0.15) is 5.75 Å². The van der Waals surface area contributed by atoms with Crippen LogP contribution < -0.4 is 4.74 Å². The molecule has 0 fully saturated rings. The fraction of sp³-hybridized carbons (Fsp3) is 0.0667. The van der Waals surface area contributed by atoms with Crippen molar-refractivity contribution in [2.75, 3.05) is 7.11 Å². The third-order valence-corrected chi connectivity index (χ3v) is 3.00. The van der Waals surface area contributed by atoms with Crippen molar-refractivity contribution in [3.63, 3.8) is 0 Å². The highest BCUT2D eigenvalue weighted by molar-refractivity contribution is 6.30. The maximum Gasteiger partial charge on any atom is 0.153 e. The number of carbonyl (C=O) groups excluding carboxylic acids is 1. The zero-order chi connectivity index (χ0) is 13.8. The Bertz CT molecular complexity index is 674. The van der Waals surface area contributed by atoms with Gasteiger partial charge >= 0.3 is 0 Å². The van der Waals surface area contributed by atoms with Crippen LogP contribution in [0.25, 0.3) is 11.1 Å². The van der Waals surface area contributed by atoms with Crippen LogP contribution in [-0.2, 0) is 0 Å². The molecule has 0 aliphatic heterocycles. The van der Waals surface area contributed by atoms with E-state index in [0.717, 1.165) is 17.4 Å². The molecule has 0 heterocycles. The predicted octanol–water partition coefficient (Wildman–Crippen LogP) is 3.70. The predicted molar refractivity (Wildman–Crippen MR) is 73.5 cm³/mol. The van der Waals surface area contributed by atoms with Crippen LogP contribution in [0.15, 0.2) is 36.4 Å². The van der Waals surface area contributed by atoms with E-state index in [1.165, 1.54) is 7.11 Å². The summed E-state index contributed by atoms with van der Waals surface area (Å²) in [4.78, 5) is 11.0. The minimum absolute atomic E-state index is 0.443. The van der Waals surface area contributed by atoms with Gasteiger partial charge in [0, 0.05) is 5.02 Å². The largest absolute Gasteiger partial charge is 0.496 e. The van der Waals surface area contributed by atoms with Crippen molar-refractivity contribution in [2.45, 2.75) is 0 Å². The fourth-order valence-electron chi connectivity index (χ4n) is 1.85. The Morgan fingerprint density at radius 3 is 2.68 bits per heavy atom. The maximum atomic E-state index is 11.0. The lowest BCUT2D eigenvalue weighted by atomic mass is 9.98. The molecule has 0 unspecified atom stereocenters. The first-order chi connectivity index (χ1) is 9.19. The summed E-state index contributed by atoms with van der Waals surface area (Å²) < 4.78 is 5.09. The molecule has 0 atom stereocenters. The zero-order valence-corrected chi connectivity index (χ0v) is 10.9. The molecule has 0 amide bonds. The minimum atomic E-state index is 0.443. The van der Waals surface area contributed by atoms with Crippen LogP contribution in [0.4, 0.5) is 0 Å². The van der Waals surface area contributed by atoms with Crippen molar-refractivity contribution in [3.05, 3.63) is 52.5 Å². The standard InChI is InChI=1S/C15H10ClNO2/c1-19-15-5-2-10(6-12(15)9-18)14-4-3-13(16)7-11(14)8-17/h2-7,9H,1H3. The van der Waals surface area contributed by atoms with Crippen LogP contribution in [0.1, 0.15) is 15.9 Å². The number of halogens is 1. The van der Waals surface area contributed by atoms with E-state index in [0.29, 0.717) is 21.9 Å². The van der Waals surface area contributed by atoms with Crippen molar-refractivity contribution in [1.82, 2.24) is 0 Å². The van der Waals surface area contributed by atoms with E-state index in [4.69, 9.17) is 21.6 Å². The van der Waals surface area contributed by atoms with Crippen LogP contribution in [0.3, 0.4) is 0 Å². The first-order valence-corrected chi connectivity index (χ1v) is 5.90. The van der Waals surface area contributed by atoms with Crippen LogP contribution in [0.2, 0.25) is 5.02 Å². The molecule has 0 saturated heterocycles. The van der Waals surface area contributed by atoms with Gasteiger partial charge in [0.15, 0.2) is 6.29 Å². The Balaban J connectivity index is 2.60. The lowest BCUT2D eigenvalue weighted by Crippen LogP contribution is -1.92. The van der Waals surface area contributed by atoms with Gasteiger partial charge in [0.25, 0.3) is 0 Å². The monoisotopic (exact) mass is 271 g/mol. The SMILES string of the molecule is COc1ccc(-c2ccc(Cl)cc2C#N)cc1C=O. The quantitative estimate of drug-likeness (QED) is 0.800. The van der Waals surface area contributed by atoms with E-state index in [1.54, 1.807) is 36.4 Å². The average molecular weight is 272 g/mol. The lowest BCUT2D eigenvalue weighted by Gasteiger charge is -2.08. The highest BCUT2D eigenvalue weighted by Crippen LogP contribution is 2.29. The maximum absolute atomic E-state index is 11.0. The summed E-state index contributed by atoms with van der Waals surface area (Å²) in [5, 5.41) is 9.63. The summed E-state index contributed by atoms with van der Waals surface area (Å²) in [7, 11) is 1.50. The first kappa shape index (κ1) is 13.1. The number of nitriles is 1. The molecule has 0 N–H and O–H groups in total. The van der Waals surface area contributed by atoms with E-state index < -0.39 is 0 Å². The number of aldehydes is 1. The van der Waals surface area contributed by atoms with Gasteiger partial charge in [-0.1, -0.05) is 23.7 Å². The smallest absolute Gasteiger partial charge is 0.153 e. The van der Waals surface area contributed by atoms with Gasteiger partial charge in [-0.25, -0.2) is 0 Å². The van der Waals surface area contributed by atoms with Crippen LogP contribution >= 0.6 is 11.6 Å². The molecule has 0 bridgehead atoms. The van der Waals surface area contributed by atoms with Gasteiger partial charge in [-0.3, -0.25) is 4.79 Å². The second-order valence-corrected chi connectivity index (χ2v) is 4.31. The molecule has 3 nitrogen and oxygen atoms in total. The highest BCUT2D eigenvalue weighted by Gasteiger charge is 2.09. The third kappa shape index (κ3) is 2.59. The summed E-state index contributed by atoms with van der Waals surface area (Å²) >= 11 is 5.86. The Morgan fingerprint density at radius 1 is 1.26 bits per heavy atom. The van der Waals surface area contributed by atoms with Gasteiger partial charge in [0.05, 0.1) is 24.3 Å². The van der Waals surface area contributed by atoms with Crippen molar-refractivity contribution in [1.29, 1.82) is 5.26 Å². The molecule has 2 aromatic rings. The second kappa shape index (κ2) is 5.55. The minimum Gasteiger partial charge on any atom is -0.496 e. The molecule has 0 spiro atoms. The van der Waals surface area contributed by atoms with Crippen molar-refractivity contribution in [2.24, 2.45) is 0 Å². The molecular formula is C15H10ClNO2. The Morgan fingerprint density at radius 2 is 2.05 bits per heavy atom. The van der Waals surface area contributed by atoms with Gasteiger partial charge in [-0.2, -0.15) is 5.26 Å². The van der Waals surface area contributed by atoms with E-state index in [1.807, 2.05) is 0 Å². The number of methoxy groups -OCH3 is 1. The highest BCUT2D eigenvalue weighted by atomic mass is 35.5. The molecule has 0 radical (unpaired) electrons. The molecule has 0 aliphatic rings. The van der Waals surface area contributed by atoms with Gasteiger partial charge in [-0.15, -0.1) is 0 Å².